The second-order valence-electron chi connectivity index (χ2n) is 6.14. The van der Waals surface area contributed by atoms with E-state index >= 15 is 0 Å². The molecular weight excluding hydrogens is 347 g/mol. The fraction of sp³-hybridized carbons (Fsp3) is 0.562. The average Bonchev–Trinajstić information content (AvgIpc) is 3.10. The van der Waals surface area contributed by atoms with Gasteiger partial charge in [0, 0.05) is 26.1 Å². The predicted octanol–water partition coefficient (Wildman–Crippen LogP) is 2.78. The lowest BCUT2D eigenvalue weighted by Gasteiger charge is -2.18. The Balaban J connectivity index is 0.00000208. The Hall–Kier alpha value is -1.47. The number of hydrogen-bond donors (Lipinski definition) is 1. The molecule has 1 aromatic carbocycles. The van der Waals surface area contributed by atoms with Crippen molar-refractivity contribution in [3.05, 3.63) is 29.3 Å². The topological polar surface area (TPSA) is 49.8 Å². The van der Waals surface area contributed by atoms with Crippen LogP contribution in [0.1, 0.15) is 11.1 Å². The maximum atomic E-state index is 13.0. The second kappa shape index (κ2) is 7.19. The SMILES string of the molecule is Cl.O=C(O)[C@@H]1CN(CCc2ccc3c(c2)CCO3)C[C@H]1C(F)(F)F. The maximum absolute atomic E-state index is 13.0. The van der Waals surface area contributed by atoms with Gasteiger partial charge in [-0.05, 0) is 23.6 Å². The number of hydrogen-bond acceptors (Lipinski definition) is 3. The largest absolute Gasteiger partial charge is 0.493 e. The van der Waals surface area contributed by atoms with Gasteiger partial charge in [-0.3, -0.25) is 4.79 Å². The molecule has 0 radical (unpaired) electrons. The smallest absolute Gasteiger partial charge is 0.393 e. The lowest BCUT2D eigenvalue weighted by Crippen LogP contribution is -2.33. The summed E-state index contributed by atoms with van der Waals surface area (Å²) in [5.74, 6) is -3.65. The Morgan fingerprint density at radius 2 is 2.08 bits per heavy atom. The molecule has 0 saturated carbocycles. The van der Waals surface area contributed by atoms with Gasteiger partial charge in [0.25, 0.3) is 0 Å². The van der Waals surface area contributed by atoms with Crippen molar-refractivity contribution in [1.82, 2.24) is 4.90 Å². The van der Waals surface area contributed by atoms with Crippen molar-refractivity contribution in [1.29, 1.82) is 0 Å². The summed E-state index contributed by atoms with van der Waals surface area (Å²) in [6.45, 7) is 0.802. The molecule has 2 heterocycles. The summed E-state index contributed by atoms with van der Waals surface area (Å²) in [7, 11) is 0. The molecule has 2 aliphatic rings. The van der Waals surface area contributed by atoms with E-state index in [1.165, 1.54) is 0 Å². The number of carboxylic acid groups (broad SMARTS) is 1. The molecule has 2 aliphatic heterocycles. The van der Waals surface area contributed by atoms with E-state index in [1.54, 1.807) is 4.90 Å². The van der Waals surface area contributed by atoms with Crippen LogP contribution < -0.4 is 4.74 Å². The molecule has 1 fully saturated rings. The summed E-state index contributed by atoms with van der Waals surface area (Å²) in [5, 5.41) is 9.02. The Kier molecular flexibility index (Phi) is 5.65. The summed E-state index contributed by atoms with van der Waals surface area (Å²) < 4.78 is 44.3. The number of nitrogens with zero attached hydrogens (tertiary/aromatic N) is 1. The van der Waals surface area contributed by atoms with Crippen LogP contribution in [0, 0.1) is 11.8 Å². The first-order valence-corrected chi connectivity index (χ1v) is 7.61. The van der Waals surface area contributed by atoms with Crippen LogP contribution in [0.15, 0.2) is 18.2 Å². The van der Waals surface area contributed by atoms with Crippen molar-refractivity contribution in [2.45, 2.75) is 19.0 Å². The fourth-order valence-corrected chi connectivity index (χ4v) is 3.33. The van der Waals surface area contributed by atoms with Crippen LogP contribution in [0.3, 0.4) is 0 Å². The van der Waals surface area contributed by atoms with E-state index in [4.69, 9.17) is 9.84 Å². The van der Waals surface area contributed by atoms with Gasteiger partial charge < -0.3 is 14.7 Å². The van der Waals surface area contributed by atoms with Crippen molar-refractivity contribution < 1.29 is 27.8 Å². The third-order valence-corrected chi connectivity index (χ3v) is 4.60. The van der Waals surface area contributed by atoms with Crippen molar-refractivity contribution in [3.8, 4) is 5.75 Å². The number of ether oxygens (including phenoxy) is 1. The highest BCUT2D eigenvalue weighted by atomic mass is 35.5. The van der Waals surface area contributed by atoms with Crippen LogP contribution in [0.2, 0.25) is 0 Å². The molecule has 2 atom stereocenters. The molecule has 0 amide bonds. The van der Waals surface area contributed by atoms with E-state index < -0.39 is 24.0 Å². The van der Waals surface area contributed by atoms with E-state index in [0.717, 1.165) is 23.3 Å². The molecule has 0 aromatic heterocycles. The first-order chi connectivity index (χ1) is 10.8. The van der Waals surface area contributed by atoms with E-state index in [1.807, 2.05) is 18.2 Å². The molecule has 0 bridgehead atoms. The average molecular weight is 366 g/mol. The van der Waals surface area contributed by atoms with Gasteiger partial charge in [-0.2, -0.15) is 13.2 Å². The van der Waals surface area contributed by atoms with Gasteiger partial charge in [-0.15, -0.1) is 12.4 Å². The molecule has 24 heavy (non-hydrogen) atoms. The van der Waals surface area contributed by atoms with E-state index in [2.05, 4.69) is 0 Å². The lowest BCUT2D eigenvalue weighted by molar-refractivity contribution is -0.188. The van der Waals surface area contributed by atoms with Gasteiger partial charge in [0.05, 0.1) is 18.4 Å². The number of carboxylic acids is 1. The minimum atomic E-state index is -4.47. The number of fused-ring (bicyclic) bond motifs is 1. The third kappa shape index (κ3) is 3.95. The number of halogens is 4. The highest BCUT2D eigenvalue weighted by Gasteiger charge is 2.52. The zero-order chi connectivity index (χ0) is 16.6. The number of carbonyl (C=O) groups is 1. The van der Waals surface area contributed by atoms with Gasteiger partial charge in [0.2, 0.25) is 0 Å². The van der Waals surface area contributed by atoms with Gasteiger partial charge >= 0.3 is 12.1 Å². The van der Waals surface area contributed by atoms with Crippen LogP contribution in [0.25, 0.3) is 0 Å². The molecule has 3 rings (SSSR count). The molecule has 0 unspecified atom stereocenters. The first kappa shape index (κ1) is 18.9. The molecule has 1 N–H and O–H groups in total. The van der Waals surface area contributed by atoms with Gasteiger partial charge in [-0.1, -0.05) is 12.1 Å². The highest BCUT2D eigenvalue weighted by Crippen LogP contribution is 2.37. The second-order valence-corrected chi connectivity index (χ2v) is 6.14. The monoisotopic (exact) mass is 365 g/mol. The quantitative estimate of drug-likeness (QED) is 0.891. The zero-order valence-corrected chi connectivity index (χ0v) is 13.7. The number of aliphatic carboxylic acids is 1. The van der Waals surface area contributed by atoms with E-state index in [9.17, 15) is 18.0 Å². The molecule has 1 aromatic rings. The molecular formula is C16H19ClF3NO3. The maximum Gasteiger partial charge on any atom is 0.393 e. The minimum Gasteiger partial charge on any atom is -0.493 e. The molecule has 0 aliphatic carbocycles. The Bertz CT molecular complexity index is 609. The van der Waals surface area contributed by atoms with Crippen LogP contribution in [-0.4, -0.2) is 48.4 Å². The van der Waals surface area contributed by atoms with Crippen molar-refractivity contribution in [2.24, 2.45) is 11.8 Å². The van der Waals surface area contributed by atoms with Crippen LogP contribution in [-0.2, 0) is 17.6 Å². The van der Waals surface area contributed by atoms with Crippen molar-refractivity contribution in [2.75, 3.05) is 26.2 Å². The third-order valence-electron chi connectivity index (χ3n) is 4.60. The van der Waals surface area contributed by atoms with Gasteiger partial charge in [0.1, 0.15) is 5.75 Å². The van der Waals surface area contributed by atoms with Gasteiger partial charge in [-0.25, -0.2) is 0 Å². The molecule has 134 valence electrons. The van der Waals surface area contributed by atoms with Crippen LogP contribution in [0.4, 0.5) is 13.2 Å². The highest BCUT2D eigenvalue weighted by molar-refractivity contribution is 5.85. The standard InChI is InChI=1S/C16H18F3NO3.ClH/c17-16(18,19)13-9-20(8-12(13)15(21)22)5-3-10-1-2-14-11(7-10)4-6-23-14;/h1-2,7,12-13H,3-6,8-9H2,(H,21,22);1H/t12-,13-;/m1./s1. The molecule has 8 heteroatoms. The number of rotatable bonds is 4. The zero-order valence-electron chi connectivity index (χ0n) is 12.9. The van der Waals surface area contributed by atoms with Crippen LogP contribution in [0.5, 0.6) is 5.75 Å². The summed E-state index contributed by atoms with van der Waals surface area (Å²) in [5.41, 5.74) is 2.16. The van der Waals surface area contributed by atoms with E-state index in [0.29, 0.717) is 19.6 Å². The molecule has 1 saturated heterocycles. The normalized spacial score (nSPS) is 23.5. The van der Waals surface area contributed by atoms with Crippen molar-refractivity contribution >= 4 is 18.4 Å². The molecule has 4 nitrogen and oxygen atoms in total. The Morgan fingerprint density at radius 3 is 2.71 bits per heavy atom. The Morgan fingerprint density at radius 1 is 1.33 bits per heavy atom. The lowest BCUT2D eigenvalue weighted by atomic mass is 9.96. The predicted molar refractivity (Wildman–Crippen MR) is 83.7 cm³/mol. The minimum absolute atomic E-state index is 0. The molecule has 0 spiro atoms. The van der Waals surface area contributed by atoms with Crippen LogP contribution >= 0.6 is 12.4 Å². The number of likely N-dealkylation sites (tertiary alicyclic amines) is 1. The number of benzene rings is 1. The summed E-state index contributed by atoms with van der Waals surface area (Å²) in [4.78, 5) is 12.7. The Labute approximate surface area is 144 Å². The van der Waals surface area contributed by atoms with Gasteiger partial charge in [0.15, 0.2) is 0 Å². The number of alkyl halides is 3. The fourth-order valence-electron chi connectivity index (χ4n) is 3.33. The summed E-state index contributed by atoms with van der Waals surface area (Å²) >= 11 is 0. The summed E-state index contributed by atoms with van der Waals surface area (Å²) in [6, 6.07) is 5.82. The van der Waals surface area contributed by atoms with E-state index in [-0.39, 0.29) is 25.5 Å². The first-order valence-electron chi connectivity index (χ1n) is 7.61. The van der Waals surface area contributed by atoms with Crippen molar-refractivity contribution in [3.63, 3.8) is 0 Å². The summed E-state index contributed by atoms with van der Waals surface area (Å²) in [6.07, 6.45) is -3.02.